The number of carbonyl (C=O) groups is 2. The maximum atomic E-state index is 13.0. The first-order valence-electron chi connectivity index (χ1n) is 8.98. The van der Waals surface area contributed by atoms with E-state index in [1.165, 1.54) is 24.3 Å². The number of hydrogen-bond acceptors (Lipinski definition) is 7. The number of carbonyl (C=O) groups excluding carboxylic acids is 2. The van der Waals surface area contributed by atoms with Crippen LogP contribution in [0.4, 0.5) is 4.39 Å². The highest BCUT2D eigenvalue weighted by molar-refractivity contribution is 5.98. The van der Waals surface area contributed by atoms with Gasteiger partial charge in [-0.25, -0.2) is 14.0 Å². The molecule has 0 saturated carbocycles. The van der Waals surface area contributed by atoms with Crippen LogP contribution < -0.4 is 0 Å². The van der Waals surface area contributed by atoms with E-state index >= 15 is 0 Å². The molecule has 0 saturated heterocycles. The molecule has 3 rings (SSSR count). The van der Waals surface area contributed by atoms with E-state index < -0.39 is 18.0 Å². The van der Waals surface area contributed by atoms with Crippen molar-refractivity contribution in [3.63, 3.8) is 0 Å². The Balaban J connectivity index is 1.76. The van der Waals surface area contributed by atoms with Crippen molar-refractivity contribution in [1.29, 1.82) is 0 Å². The largest absolute Gasteiger partial charge is 0.461 e. The number of ether oxygens (including phenoxy) is 2. The minimum atomic E-state index is -0.830. The maximum Gasteiger partial charge on any atom is 0.355 e. The Morgan fingerprint density at radius 1 is 1.17 bits per heavy atom. The predicted octanol–water partition coefficient (Wildman–Crippen LogP) is 3.92. The van der Waals surface area contributed by atoms with Crippen LogP contribution in [0.3, 0.4) is 0 Å². The number of nitrogens with zero attached hydrogens (tertiary/aromatic N) is 2. The Hall–Kier alpha value is -3.49. The summed E-state index contributed by atoms with van der Waals surface area (Å²) in [5.74, 6) is -1.28. The molecule has 1 aromatic carbocycles. The lowest BCUT2D eigenvalue weighted by molar-refractivity contribution is 0.0278. The number of halogens is 1. The lowest BCUT2D eigenvalue weighted by atomic mass is 10.1. The molecule has 0 unspecified atom stereocenters. The van der Waals surface area contributed by atoms with Crippen LogP contribution in [-0.4, -0.2) is 33.7 Å². The lowest BCUT2D eigenvalue weighted by Gasteiger charge is -2.10. The number of esters is 2. The SMILES string of the molecule is CCOC(=O)c1[nH]c(C)c(C(=O)O[C@H](C)c2nnc(-c3ccc(F)cc3)o2)c1C. The summed E-state index contributed by atoms with van der Waals surface area (Å²) < 4.78 is 29.0. The van der Waals surface area contributed by atoms with E-state index in [2.05, 4.69) is 15.2 Å². The van der Waals surface area contributed by atoms with Crippen LogP contribution in [-0.2, 0) is 9.47 Å². The zero-order chi connectivity index (χ0) is 21.1. The summed E-state index contributed by atoms with van der Waals surface area (Å²) in [7, 11) is 0. The molecule has 0 aliphatic rings. The predicted molar refractivity (Wildman–Crippen MR) is 99.7 cm³/mol. The van der Waals surface area contributed by atoms with Crippen LogP contribution in [0.15, 0.2) is 28.7 Å². The number of aromatic amines is 1. The van der Waals surface area contributed by atoms with Crippen LogP contribution in [0.5, 0.6) is 0 Å². The van der Waals surface area contributed by atoms with Gasteiger partial charge in [-0.15, -0.1) is 10.2 Å². The van der Waals surface area contributed by atoms with Gasteiger partial charge in [-0.3, -0.25) is 0 Å². The molecule has 0 fully saturated rings. The molecular weight excluding hydrogens is 381 g/mol. The van der Waals surface area contributed by atoms with Crippen LogP contribution in [0.2, 0.25) is 0 Å². The summed E-state index contributed by atoms with van der Waals surface area (Å²) >= 11 is 0. The molecule has 9 heteroatoms. The number of benzene rings is 1. The van der Waals surface area contributed by atoms with Crippen LogP contribution >= 0.6 is 0 Å². The third-order valence-electron chi connectivity index (χ3n) is 4.28. The van der Waals surface area contributed by atoms with E-state index in [1.54, 1.807) is 27.7 Å². The Morgan fingerprint density at radius 2 is 1.86 bits per heavy atom. The molecule has 2 heterocycles. The van der Waals surface area contributed by atoms with Gasteiger partial charge in [0, 0.05) is 11.3 Å². The molecule has 0 bridgehead atoms. The summed E-state index contributed by atoms with van der Waals surface area (Å²) in [6.07, 6.45) is -0.830. The van der Waals surface area contributed by atoms with Crippen molar-refractivity contribution in [2.45, 2.75) is 33.8 Å². The third kappa shape index (κ3) is 4.18. The number of H-pyrrole nitrogens is 1. The van der Waals surface area contributed by atoms with Gasteiger partial charge in [0.25, 0.3) is 5.89 Å². The number of rotatable bonds is 6. The average molecular weight is 401 g/mol. The average Bonchev–Trinajstić information content (AvgIpc) is 3.27. The normalized spacial score (nSPS) is 11.9. The molecule has 2 aromatic heterocycles. The summed E-state index contributed by atoms with van der Waals surface area (Å²) in [6, 6.07) is 5.57. The van der Waals surface area contributed by atoms with Crippen LogP contribution in [0, 0.1) is 19.7 Å². The van der Waals surface area contributed by atoms with Crippen molar-refractivity contribution in [1.82, 2.24) is 15.2 Å². The fourth-order valence-electron chi connectivity index (χ4n) is 2.84. The van der Waals surface area contributed by atoms with Crippen molar-refractivity contribution < 1.29 is 27.9 Å². The highest BCUT2D eigenvalue weighted by Crippen LogP contribution is 2.25. The van der Waals surface area contributed by atoms with E-state index in [9.17, 15) is 14.0 Å². The van der Waals surface area contributed by atoms with Crippen molar-refractivity contribution in [3.8, 4) is 11.5 Å². The van der Waals surface area contributed by atoms with Gasteiger partial charge in [-0.2, -0.15) is 0 Å². The molecule has 1 N–H and O–H groups in total. The second kappa shape index (κ2) is 8.26. The van der Waals surface area contributed by atoms with Crippen molar-refractivity contribution in [2.75, 3.05) is 6.61 Å². The Labute approximate surface area is 166 Å². The van der Waals surface area contributed by atoms with Gasteiger partial charge in [-0.05, 0) is 57.5 Å². The van der Waals surface area contributed by atoms with Gasteiger partial charge in [-0.1, -0.05) is 0 Å². The molecule has 152 valence electrons. The monoisotopic (exact) mass is 401 g/mol. The van der Waals surface area contributed by atoms with E-state index in [4.69, 9.17) is 13.9 Å². The Kier molecular flexibility index (Phi) is 5.76. The van der Waals surface area contributed by atoms with Gasteiger partial charge in [0.2, 0.25) is 5.89 Å². The highest BCUT2D eigenvalue weighted by atomic mass is 19.1. The zero-order valence-corrected chi connectivity index (χ0v) is 16.4. The minimum absolute atomic E-state index is 0.0918. The molecule has 1 atom stereocenters. The fraction of sp³-hybridized carbons (Fsp3) is 0.300. The first-order chi connectivity index (χ1) is 13.8. The van der Waals surface area contributed by atoms with Gasteiger partial charge in [0.05, 0.1) is 12.2 Å². The molecule has 0 amide bonds. The van der Waals surface area contributed by atoms with Crippen molar-refractivity contribution in [3.05, 3.63) is 58.5 Å². The molecule has 8 nitrogen and oxygen atoms in total. The standard InChI is InChI=1S/C20H20FN3O5/c1-5-27-20(26)16-10(2)15(11(3)22-16)19(25)28-12(4)17-23-24-18(29-17)13-6-8-14(21)9-7-13/h6-9,12,22H,5H2,1-4H3/t12-/m1/s1. The van der Waals surface area contributed by atoms with Crippen molar-refractivity contribution in [2.24, 2.45) is 0 Å². The Morgan fingerprint density at radius 3 is 2.52 bits per heavy atom. The molecular formula is C20H20FN3O5. The number of hydrogen-bond donors (Lipinski definition) is 1. The summed E-state index contributed by atoms with van der Waals surface area (Å²) in [5, 5.41) is 7.80. The Bertz CT molecular complexity index is 1040. The molecule has 0 aliphatic heterocycles. The first-order valence-corrected chi connectivity index (χ1v) is 8.98. The van der Waals surface area contributed by atoms with Gasteiger partial charge >= 0.3 is 11.9 Å². The minimum Gasteiger partial charge on any atom is -0.461 e. The van der Waals surface area contributed by atoms with E-state index in [0.717, 1.165) is 0 Å². The highest BCUT2D eigenvalue weighted by Gasteiger charge is 2.26. The second-order valence-electron chi connectivity index (χ2n) is 6.35. The smallest absolute Gasteiger partial charge is 0.355 e. The quantitative estimate of drug-likeness (QED) is 0.624. The fourth-order valence-corrected chi connectivity index (χ4v) is 2.84. The molecule has 0 aliphatic carbocycles. The van der Waals surface area contributed by atoms with Gasteiger partial charge in [0.1, 0.15) is 11.5 Å². The van der Waals surface area contributed by atoms with Gasteiger partial charge < -0.3 is 18.9 Å². The lowest BCUT2D eigenvalue weighted by Crippen LogP contribution is -2.12. The van der Waals surface area contributed by atoms with E-state index in [-0.39, 0.29) is 35.5 Å². The molecule has 0 spiro atoms. The first kappa shape index (κ1) is 20.2. The zero-order valence-electron chi connectivity index (χ0n) is 16.4. The number of nitrogens with one attached hydrogen (secondary N) is 1. The second-order valence-corrected chi connectivity index (χ2v) is 6.35. The number of aromatic nitrogens is 3. The molecule has 3 aromatic rings. The molecule has 29 heavy (non-hydrogen) atoms. The summed E-state index contributed by atoms with van der Waals surface area (Å²) in [6.45, 7) is 6.81. The van der Waals surface area contributed by atoms with E-state index in [1.807, 2.05) is 0 Å². The van der Waals surface area contributed by atoms with Crippen molar-refractivity contribution >= 4 is 11.9 Å². The summed E-state index contributed by atoms with van der Waals surface area (Å²) in [4.78, 5) is 27.5. The van der Waals surface area contributed by atoms with Crippen LogP contribution in [0.25, 0.3) is 11.5 Å². The topological polar surface area (TPSA) is 107 Å². The van der Waals surface area contributed by atoms with Gasteiger partial charge in [0.15, 0.2) is 6.10 Å². The number of aryl methyl sites for hydroxylation is 1. The molecule has 0 radical (unpaired) electrons. The summed E-state index contributed by atoms with van der Waals surface area (Å²) in [5.41, 5.74) is 1.93. The third-order valence-corrected chi connectivity index (χ3v) is 4.28. The van der Waals surface area contributed by atoms with Crippen LogP contribution in [0.1, 0.15) is 57.9 Å². The maximum absolute atomic E-state index is 13.0. The van der Waals surface area contributed by atoms with E-state index in [0.29, 0.717) is 16.8 Å².